The average molecular weight is 379 g/mol. The zero-order valence-electron chi connectivity index (χ0n) is 15.6. The van der Waals surface area contributed by atoms with Gasteiger partial charge in [0.1, 0.15) is 23.1 Å². The number of ether oxygens (including phenoxy) is 1. The smallest absolute Gasteiger partial charge is 0.158 e. The van der Waals surface area contributed by atoms with Gasteiger partial charge >= 0.3 is 0 Å². The number of hydrogen-bond donors (Lipinski definition) is 0. The molecule has 2 heterocycles. The van der Waals surface area contributed by atoms with Crippen molar-refractivity contribution >= 4 is 0 Å². The van der Waals surface area contributed by atoms with Gasteiger partial charge in [0.2, 0.25) is 0 Å². The molecule has 0 aliphatic heterocycles. The molecule has 5 rings (SSSR count). The standard InChI is InChI=1S/C22H19F2N3O/c1-21(2)15-8-9-22(21,28-13-5-4-10-25-12-13)20-14(15)11-18(26-27-20)19-16(23)6-3-7-17(19)24/h3-7,10-12,15H,8-9H2,1-2H3/t15-,22-/m0/s1. The quantitative estimate of drug-likeness (QED) is 0.642. The Morgan fingerprint density at radius 2 is 1.86 bits per heavy atom. The van der Waals surface area contributed by atoms with Gasteiger partial charge in [-0.1, -0.05) is 19.9 Å². The third-order valence-electron chi connectivity index (χ3n) is 6.42. The van der Waals surface area contributed by atoms with Crippen LogP contribution in [0.5, 0.6) is 5.75 Å². The van der Waals surface area contributed by atoms with Crippen LogP contribution in [0, 0.1) is 17.0 Å². The number of halogens is 2. The molecule has 3 aromatic rings. The Bertz CT molecular complexity index is 1050. The molecule has 0 saturated heterocycles. The van der Waals surface area contributed by atoms with E-state index in [2.05, 4.69) is 29.0 Å². The summed E-state index contributed by atoms with van der Waals surface area (Å²) in [5.74, 6) is -0.422. The minimum absolute atomic E-state index is 0.138. The summed E-state index contributed by atoms with van der Waals surface area (Å²) in [5.41, 5.74) is 0.947. The van der Waals surface area contributed by atoms with E-state index in [-0.39, 0.29) is 22.6 Å². The summed E-state index contributed by atoms with van der Waals surface area (Å²) in [4.78, 5) is 4.14. The molecular formula is C22H19F2N3O. The lowest BCUT2D eigenvalue weighted by Crippen LogP contribution is -2.41. The summed E-state index contributed by atoms with van der Waals surface area (Å²) >= 11 is 0. The van der Waals surface area contributed by atoms with Crippen molar-refractivity contribution in [1.82, 2.24) is 15.2 Å². The van der Waals surface area contributed by atoms with Crippen molar-refractivity contribution in [3.63, 3.8) is 0 Å². The van der Waals surface area contributed by atoms with E-state index in [1.807, 2.05) is 12.1 Å². The number of aromatic nitrogens is 3. The first-order chi connectivity index (χ1) is 13.4. The van der Waals surface area contributed by atoms with Gasteiger partial charge in [0.25, 0.3) is 0 Å². The fourth-order valence-electron chi connectivity index (χ4n) is 4.97. The maximum atomic E-state index is 14.3. The second kappa shape index (κ2) is 5.80. The van der Waals surface area contributed by atoms with Crippen LogP contribution in [0.25, 0.3) is 11.3 Å². The van der Waals surface area contributed by atoms with Crippen molar-refractivity contribution in [3.8, 4) is 17.0 Å². The predicted molar refractivity (Wildman–Crippen MR) is 99.7 cm³/mol. The summed E-state index contributed by atoms with van der Waals surface area (Å²) in [7, 11) is 0. The fourth-order valence-corrected chi connectivity index (χ4v) is 4.97. The monoisotopic (exact) mass is 379 g/mol. The Balaban J connectivity index is 1.65. The third-order valence-corrected chi connectivity index (χ3v) is 6.42. The molecule has 28 heavy (non-hydrogen) atoms. The molecule has 0 spiro atoms. The van der Waals surface area contributed by atoms with Gasteiger partial charge in [0.05, 0.1) is 17.5 Å². The van der Waals surface area contributed by atoms with E-state index >= 15 is 0 Å². The van der Waals surface area contributed by atoms with Crippen molar-refractivity contribution in [3.05, 3.63) is 71.7 Å². The molecule has 0 unspecified atom stereocenters. The fraction of sp³-hybridized carbons (Fsp3) is 0.318. The number of hydrogen-bond acceptors (Lipinski definition) is 4. The zero-order chi connectivity index (χ0) is 19.5. The zero-order valence-corrected chi connectivity index (χ0v) is 15.6. The first-order valence-electron chi connectivity index (χ1n) is 9.35. The van der Waals surface area contributed by atoms with Crippen LogP contribution < -0.4 is 4.74 Å². The molecule has 0 radical (unpaired) electrons. The van der Waals surface area contributed by atoms with E-state index < -0.39 is 17.2 Å². The lowest BCUT2D eigenvalue weighted by atomic mass is 9.77. The van der Waals surface area contributed by atoms with E-state index in [4.69, 9.17) is 4.74 Å². The van der Waals surface area contributed by atoms with Crippen LogP contribution in [0.1, 0.15) is 43.9 Å². The summed E-state index contributed by atoms with van der Waals surface area (Å²) in [5, 5.41) is 8.62. The van der Waals surface area contributed by atoms with Gasteiger partial charge in [-0.3, -0.25) is 4.98 Å². The third kappa shape index (κ3) is 2.17. The van der Waals surface area contributed by atoms with Crippen LogP contribution in [-0.2, 0) is 5.60 Å². The summed E-state index contributed by atoms with van der Waals surface area (Å²) in [6.07, 6.45) is 5.12. The minimum atomic E-state index is -0.641. The Kier molecular flexibility index (Phi) is 3.57. The summed E-state index contributed by atoms with van der Waals surface area (Å²) in [6.45, 7) is 4.32. The SMILES string of the molecule is CC1(C)[C@H]2CC[C@]1(Oc1cccnc1)c1nnc(-c3c(F)cccc3F)cc12. The molecule has 0 N–H and O–H groups in total. The van der Waals surface area contributed by atoms with Gasteiger partial charge in [-0.05, 0) is 54.7 Å². The van der Waals surface area contributed by atoms with Gasteiger partial charge in [-0.2, -0.15) is 5.10 Å². The summed E-state index contributed by atoms with van der Waals surface area (Å²) in [6, 6.07) is 9.30. The van der Waals surface area contributed by atoms with Crippen LogP contribution in [0.3, 0.4) is 0 Å². The van der Waals surface area contributed by atoms with E-state index in [0.29, 0.717) is 5.75 Å². The first-order valence-corrected chi connectivity index (χ1v) is 9.35. The molecule has 142 valence electrons. The second-order valence-corrected chi connectivity index (χ2v) is 8.06. The number of rotatable bonds is 3. The van der Waals surface area contributed by atoms with Gasteiger partial charge < -0.3 is 4.74 Å². The van der Waals surface area contributed by atoms with Gasteiger partial charge in [-0.25, -0.2) is 8.78 Å². The van der Waals surface area contributed by atoms with Crippen LogP contribution >= 0.6 is 0 Å². The number of nitrogens with zero attached hydrogens (tertiary/aromatic N) is 3. The molecule has 1 fully saturated rings. The number of fused-ring (bicyclic) bond motifs is 5. The van der Waals surface area contributed by atoms with Crippen LogP contribution in [0.4, 0.5) is 8.78 Å². The highest BCUT2D eigenvalue weighted by atomic mass is 19.1. The molecule has 2 aliphatic carbocycles. The molecule has 1 aromatic carbocycles. The molecule has 2 aliphatic rings. The average Bonchev–Trinajstić information content (AvgIpc) is 3.02. The van der Waals surface area contributed by atoms with Crippen LogP contribution in [0.2, 0.25) is 0 Å². The lowest BCUT2D eigenvalue weighted by molar-refractivity contribution is -0.0193. The molecule has 1 saturated carbocycles. The van der Waals surface area contributed by atoms with Crippen LogP contribution in [-0.4, -0.2) is 15.2 Å². The Hall–Kier alpha value is -2.89. The van der Waals surface area contributed by atoms with E-state index in [0.717, 1.165) is 24.1 Å². The maximum absolute atomic E-state index is 14.3. The number of benzene rings is 1. The van der Waals surface area contributed by atoms with Gasteiger partial charge in [0.15, 0.2) is 5.60 Å². The molecule has 2 bridgehead atoms. The predicted octanol–water partition coefficient (Wildman–Crippen LogP) is 5.01. The van der Waals surface area contributed by atoms with Crippen molar-refractivity contribution in [2.75, 3.05) is 0 Å². The van der Waals surface area contributed by atoms with E-state index in [9.17, 15) is 8.78 Å². The highest BCUT2D eigenvalue weighted by Crippen LogP contribution is 2.67. The molecule has 0 amide bonds. The molecular weight excluding hydrogens is 360 g/mol. The normalized spacial score (nSPS) is 24.2. The first kappa shape index (κ1) is 17.2. The van der Waals surface area contributed by atoms with Gasteiger partial charge in [-0.15, -0.1) is 5.10 Å². The van der Waals surface area contributed by atoms with Crippen molar-refractivity contribution in [1.29, 1.82) is 0 Å². The molecule has 2 atom stereocenters. The largest absolute Gasteiger partial charge is 0.479 e. The molecule has 2 aromatic heterocycles. The van der Waals surface area contributed by atoms with Crippen molar-refractivity contribution in [2.45, 2.75) is 38.2 Å². The maximum Gasteiger partial charge on any atom is 0.158 e. The highest BCUT2D eigenvalue weighted by Gasteiger charge is 2.65. The molecule has 4 nitrogen and oxygen atoms in total. The topological polar surface area (TPSA) is 47.9 Å². The number of pyridine rings is 1. The molecule has 6 heteroatoms. The Labute approximate surface area is 161 Å². The Morgan fingerprint density at radius 3 is 2.57 bits per heavy atom. The minimum Gasteiger partial charge on any atom is -0.479 e. The van der Waals surface area contributed by atoms with E-state index in [1.54, 1.807) is 18.5 Å². The summed E-state index contributed by atoms with van der Waals surface area (Å²) < 4.78 is 35.0. The lowest BCUT2D eigenvalue weighted by Gasteiger charge is -2.37. The van der Waals surface area contributed by atoms with Gasteiger partial charge in [0, 0.05) is 11.6 Å². The van der Waals surface area contributed by atoms with Crippen molar-refractivity contribution in [2.24, 2.45) is 5.41 Å². The van der Waals surface area contributed by atoms with Crippen molar-refractivity contribution < 1.29 is 13.5 Å². The van der Waals surface area contributed by atoms with E-state index in [1.165, 1.54) is 18.2 Å². The van der Waals surface area contributed by atoms with Crippen LogP contribution in [0.15, 0.2) is 48.8 Å². The second-order valence-electron chi connectivity index (χ2n) is 8.06. The Morgan fingerprint density at radius 1 is 1.07 bits per heavy atom. The highest BCUT2D eigenvalue weighted by molar-refractivity contribution is 5.63.